The molecular formula is C20H18N2OS. The highest BCUT2D eigenvalue weighted by molar-refractivity contribution is 7.21. The second-order valence-corrected chi connectivity index (χ2v) is 7.11. The molecule has 0 saturated carbocycles. The van der Waals surface area contributed by atoms with E-state index >= 15 is 0 Å². The monoisotopic (exact) mass is 334 g/mol. The summed E-state index contributed by atoms with van der Waals surface area (Å²) in [5.41, 5.74) is 2.94. The van der Waals surface area contributed by atoms with Crippen molar-refractivity contribution in [2.24, 2.45) is 5.92 Å². The number of allylic oxidation sites excluding steroid dienone is 2. The summed E-state index contributed by atoms with van der Waals surface area (Å²) in [6.07, 6.45) is 7.05. The number of nitrogens with one attached hydrogen (secondary N) is 1. The van der Waals surface area contributed by atoms with Crippen LogP contribution < -0.4 is 5.32 Å². The zero-order valence-corrected chi connectivity index (χ0v) is 14.1. The number of rotatable bonds is 4. The summed E-state index contributed by atoms with van der Waals surface area (Å²) in [6.45, 7) is 0. The summed E-state index contributed by atoms with van der Waals surface area (Å²) in [5.74, 6) is 0.478. The molecule has 1 unspecified atom stereocenters. The van der Waals surface area contributed by atoms with Gasteiger partial charge in [-0.3, -0.25) is 4.79 Å². The number of thiazole rings is 1. The van der Waals surface area contributed by atoms with E-state index in [1.165, 1.54) is 4.70 Å². The number of amides is 1. The summed E-state index contributed by atoms with van der Waals surface area (Å²) in [7, 11) is 0. The Morgan fingerprint density at radius 2 is 2.00 bits per heavy atom. The van der Waals surface area contributed by atoms with E-state index in [9.17, 15) is 4.79 Å². The van der Waals surface area contributed by atoms with Gasteiger partial charge in [-0.2, -0.15) is 0 Å². The summed E-state index contributed by atoms with van der Waals surface area (Å²) in [5, 5.41) is 3.99. The first-order valence-corrected chi connectivity index (χ1v) is 9.02. The van der Waals surface area contributed by atoms with Gasteiger partial charge in [0, 0.05) is 17.7 Å². The Balaban J connectivity index is 1.46. The highest BCUT2D eigenvalue weighted by Gasteiger charge is 2.14. The smallest absolute Gasteiger partial charge is 0.224 e. The van der Waals surface area contributed by atoms with Crippen molar-refractivity contribution in [1.29, 1.82) is 0 Å². The third-order valence-corrected chi connectivity index (χ3v) is 5.35. The Morgan fingerprint density at radius 3 is 2.75 bits per heavy atom. The third kappa shape index (κ3) is 3.24. The lowest BCUT2D eigenvalue weighted by atomic mass is 10.0. The Kier molecular flexibility index (Phi) is 4.13. The standard InChI is InChI=1S/C20H18N2OS/c23-19(13-14-5-1-2-6-14)21-16-11-9-15(10-12-16)20-22-17-7-3-4-8-18(17)24-20/h1,3-5,7-12,14H,2,6,13H2,(H,21,23). The minimum atomic E-state index is 0.0827. The Hall–Kier alpha value is -2.46. The fourth-order valence-electron chi connectivity index (χ4n) is 3.01. The molecule has 24 heavy (non-hydrogen) atoms. The van der Waals surface area contributed by atoms with Crippen molar-refractivity contribution < 1.29 is 4.79 Å². The molecule has 0 aliphatic heterocycles. The number of carbonyl (C=O) groups is 1. The average Bonchev–Trinajstić information content (AvgIpc) is 3.24. The number of hydrogen-bond acceptors (Lipinski definition) is 3. The van der Waals surface area contributed by atoms with E-state index in [1.54, 1.807) is 11.3 Å². The first kappa shape index (κ1) is 15.1. The molecule has 0 fully saturated rings. The highest BCUT2D eigenvalue weighted by Crippen LogP contribution is 2.30. The van der Waals surface area contributed by atoms with Gasteiger partial charge in [-0.05, 0) is 55.2 Å². The molecule has 1 atom stereocenters. The van der Waals surface area contributed by atoms with E-state index < -0.39 is 0 Å². The molecule has 1 aliphatic rings. The third-order valence-electron chi connectivity index (χ3n) is 4.27. The van der Waals surface area contributed by atoms with E-state index in [2.05, 4.69) is 28.5 Å². The molecule has 1 amide bonds. The molecule has 0 radical (unpaired) electrons. The Labute approximate surface area is 145 Å². The molecule has 3 nitrogen and oxygen atoms in total. The van der Waals surface area contributed by atoms with Gasteiger partial charge < -0.3 is 5.32 Å². The van der Waals surface area contributed by atoms with Gasteiger partial charge in [0.25, 0.3) is 0 Å². The summed E-state index contributed by atoms with van der Waals surface area (Å²) >= 11 is 1.69. The maximum absolute atomic E-state index is 12.1. The van der Waals surface area contributed by atoms with Crippen molar-refractivity contribution in [1.82, 2.24) is 4.98 Å². The van der Waals surface area contributed by atoms with Crippen LogP contribution in [0.4, 0.5) is 5.69 Å². The first-order chi connectivity index (χ1) is 11.8. The van der Waals surface area contributed by atoms with Crippen LogP contribution in [-0.2, 0) is 4.79 Å². The van der Waals surface area contributed by atoms with E-state index in [4.69, 9.17) is 0 Å². The van der Waals surface area contributed by atoms with Crippen LogP contribution in [0.25, 0.3) is 20.8 Å². The lowest BCUT2D eigenvalue weighted by Gasteiger charge is -2.09. The van der Waals surface area contributed by atoms with E-state index in [1.807, 2.05) is 42.5 Å². The SMILES string of the molecule is O=C(CC1C=CCC1)Nc1ccc(-c2nc3ccccc3s2)cc1. The number of anilines is 1. The number of nitrogens with zero attached hydrogens (tertiary/aromatic N) is 1. The fraction of sp³-hybridized carbons (Fsp3) is 0.200. The Morgan fingerprint density at radius 1 is 1.17 bits per heavy atom. The molecule has 1 aromatic heterocycles. The largest absolute Gasteiger partial charge is 0.326 e. The quantitative estimate of drug-likeness (QED) is 0.661. The van der Waals surface area contributed by atoms with Crippen molar-refractivity contribution in [3.8, 4) is 10.6 Å². The zero-order valence-electron chi connectivity index (χ0n) is 13.2. The topological polar surface area (TPSA) is 42.0 Å². The number of aromatic nitrogens is 1. The van der Waals surface area contributed by atoms with Crippen molar-refractivity contribution in [3.63, 3.8) is 0 Å². The average molecular weight is 334 g/mol. The fourth-order valence-corrected chi connectivity index (χ4v) is 3.98. The van der Waals surface area contributed by atoms with Gasteiger partial charge in [0.2, 0.25) is 5.91 Å². The molecule has 0 spiro atoms. The number of hydrogen-bond donors (Lipinski definition) is 1. The summed E-state index contributed by atoms with van der Waals surface area (Å²) < 4.78 is 1.19. The molecule has 2 aromatic carbocycles. The zero-order chi connectivity index (χ0) is 16.4. The van der Waals surface area contributed by atoms with Crippen LogP contribution in [0.3, 0.4) is 0 Å². The van der Waals surface area contributed by atoms with Crippen LogP contribution >= 0.6 is 11.3 Å². The Bertz CT molecular complexity index is 862. The normalized spacial score (nSPS) is 16.6. The van der Waals surface area contributed by atoms with Gasteiger partial charge in [0.1, 0.15) is 5.01 Å². The molecule has 1 aliphatic carbocycles. The van der Waals surface area contributed by atoms with Crippen LogP contribution in [0.5, 0.6) is 0 Å². The number of benzene rings is 2. The molecule has 1 N–H and O–H groups in total. The first-order valence-electron chi connectivity index (χ1n) is 8.20. The molecule has 3 aromatic rings. The molecule has 4 heteroatoms. The van der Waals surface area contributed by atoms with Crippen LogP contribution in [-0.4, -0.2) is 10.9 Å². The minimum Gasteiger partial charge on any atom is -0.326 e. The van der Waals surface area contributed by atoms with Gasteiger partial charge in [-0.25, -0.2) is 4.98 Å². The molecule has 4 rings (SSSR count). The number of fused-ring (bicyclic) bond motifs is 1. The minimum absolute atomic E-state index is 0.0827. The lowest BCUT2D eigenvalue weighted by molar-refractivity contribution is -0.116. The van der Waals surface area contributed by atoms with Gasteiger partial charge in [0.05, 0.1) is 10.2 Å². The summed E-state index contributed by atoms with van der Waals surface area (Å²) in [4.78, 5) is 16.8. The second kappa shape index (κ2) is 6.57. The predicted octanol–water partition coefficient (Wildman–Crippen LogP) is 5.26. The molecule has 120 valence electrons. The molecular weight excluding hydrogens is 316 g/mol. The van der Waals surface area contributed by atoms with Gasteiger partial charge in [0.15, 0.2) is 0 Å². The number of para-hydroxylation sites is 1. The van der Waals surface area contributed by atoms with Crippen molar-refractivity contribution in [3.05, 3.63) is 60.7 Å². The van der Waals surface area contributed by atoms with Gasteiger partial charge in [-0.1, -0.05) is 24.3 Å². The molecule has 1 heterocycles. The summed E-state index contributed by atoms with van der Waals surface area (Å²) in [6, 6.07) is 16.1. The number of carbonyl (C=O) groups excluding carboxylic acids is 1. The van der Waals surface area contributed by atoms with Gasteiger partial charge >= 0.3 is 0 Å². The van der Waals surface area contributed by atoms with E-state index in [0.29, 0.717) is 12.3 Å². The van der Waals surface area contributed by atoms with Crippen LogP contribution in [0, 0.1) is 5.92 Å². The van der Waals surface area contributed by atoms with Crippen LogP contribution in [0.2, 0.25) is 0 Å². The van der Waals surface area contributed by atoms with E-state index in [-0.39, 0.29) is 5.91 Å². The second-order valence-electron chi connectivity index (χ2n) is 6.08. The van der Waals surface area contributed by atoms with Crippen molar-refractivity contribution in [2.45, 2.75) is 19.3 Å². The van der Waals surface area contributed by atoms with Gasteiger partial charge in [-0.15, -0.1) is 11.3 Å². The molecule has 0 bridgehead atoms. The van der Waals surface area contributed by atoms with Crippen molar-refractivity contribution >= 4 is 33.1 Å². The lowest BCUT2D eigenvalue weighted by Crippen LogP contribution is -2.14. The maximum Gasteiger partial charge on any atom is 0.224 e. The molecule has 0 saturated heterocycles. The highest BCUT2D eigenvalue weighted by atomic mass is 32.1. The van der Waals surface area contributed by atoms with E-state index in [0.717, 1.165) is 34.6 Å². The van der Waals surface area contributed by atoms with Crippen LogP contribution in [0.15, 0.2) is 60.7 Å². The maximum atomic E-state index is 12.1. The van der Waals surface area contributed by atoms with Crippen molar-refractivity contribution in [2.75, 3.05) is 5.32 Å². The van der Waals surface area contributed by atoms with Crippen LogP contribution in [0.1, 0.15) is 19.3 Å². The predicted molar refractivity (Wildman–Crippen MR) is 100 cm³/mol.